The fraction of sp³-hybridized carbons (Fsp3) is 0.267. The minimum Gasteiger partial charge on any atom is -0.201 e. The van der Waals surface area contributed by atoms with Crippen molar-refractivity contribution >= 4 is 0 Å². The topological polar surface area (TPSA) is 19.4 Å². The first-order valence-electron chi connectivity index (χ1n) is 28.1. The molecule has 0 unspecified atom stereocenters. The highest BCUT2D eigenvalue weighted by molar-refractivity contribution is 5.66. The second-order valence-electron chi connectivity index (χ2n) is 22.5. The van der Waals surface area contributed by atoms with Gasteiger partial charge >= 0.3 is 0 Å². The van der Waals surface area contributed by atoms with Crippen molar-refractivity contribution in [3.05, 3.63) is 266 Å². The Labute approximate surface area is 481 Å². The third-order valence-corrected chi connectivity index (χ3v) is 15.1. The maximum Gasteiger partial charge on any atom is 0.212 e. The van der Waals surface area contributed by atoms with Gasteiger partial charge in [0.2, 0.25) is 28.5 Å². The van der Waals surface area contributed by atoms with E-state index in [9.17, 15) is 0 Å². The summed E-state index contributed by atoms with van der Waals surface area (Å²) in [4.78, 5) is 0. The van der Waals surface area contributed by atoms with Crippen LogP contribution in [0.4, 0.5) is 0 Å². The molecule has 0 saturated heterocycles. The van der Waals surface area contributed by atoms with Crippen molar-refractivity contribution in [1.82, 2.24) is 0 Å². The minimum absolute atomic E-state index is 1.27. The minimum atomic E-state index is 1.27. The highest BCUT2D eigenvalue weighted by Gasteiger charge is 2.17. The Bertz CT molecular complexity index is 3620. The summed E-state index contributed by atoms with van der Waals surface area (Å²) in [6.07, 6.45) is 10.7. The lowest BCUT2D eigenvalue weighted by atomic mass is 9.99. The molecular formula is C75H90N5+5. The molecule has 0 aliphatic rings. The van der Waals surface area contributed by atoms with Gasteiger partial charge in [0.05, 0.1) is 5.56 Å². The molecule has 5 aromatic carbocycles. The molecule has 0 aliphatic carbocycles. The number of hydrogen-bond donors (Lipinski definition) is 0. The van der Waals surface area contributed by atoms with E-state index in [4.69, 9.17) is 0 Å². The largest absolute Gasteiger partial charge is 0.212 e. The number of hydrogen-bond acceptors (Lipinski definition) is 0. The Balaban J connectivity index is 0.000000161. The molecule has 0 aliphatic heterocycles. The number of nitrogens with zero attached hydrogens (tertiary/aromatic N) is 5. The van der Waals surface area contributed by atoms with Gasteiger partial charge in [-0.3, -0.25) is 0 Å². The van der Waals surface area contributed by atoms with Crippen molar-refractivity contribution in [1.29, 1.82) is 0 Å². The molecule has 10 aromatic rings. The summed E-state index contributed by atoms with van der Waals surface area (Å²) < 4.78 is 10.9. The van der Waals surface area contributed by atoms with Crippen LogP contribution in [-0.4, -0.2) is 0 Å². The monoisotopic (exact) mass is 1060 g/mol. The highest BCUT2D eigenvalue weighted by atomic mass is 14.9. The average Bonchev–Trinajstić information content (AvgIpc) is 3.39. The van der Waals surface area contributed by atoms with Crippen molar-refractivity contribution in [2.24, 2.45) is 35.2 Å². The Kier molecular flexibility index (Phi) is 21.1. The van der Waals surface area contributed by atoms with Gasteiger partial charge in [-0.1, -0.05) is 83.4 Å². The van der Waals surface area contributed by atoms with E-state index >= 15 is 0 Å². The Morgan fingerprint density at radius 1 is 0.225 bits per heavy atom. The van der Waals surface area contributed by atoms with Crippen LogP contribution in [0.1, 0.15) is 83.5 Å². The lowest BCUT2D eigenvalue weighted by molar-refractivity contribution is -0.660. The van der Waals surface area contributed by atoms with Crippen LogP contribution >= 0.6 is 0 Å². The SMILES string of the molecule is Cc1cc[n+](C)c(-c2cccc(C)c2C)c1.Cc1ccc(-c2c(C)cccc2C)[n+](C)c1.Cc1ccc(-c2cc(C)cc[n+]2C)c(C)c1.Cc1ccc(-c2ccc(C)c[n+]2C)c(C)c1.Cc1ccc(C)c(-c2ccc(C)c[n+]2C)c1. The van der Waals surface area contributed by atoms with E-state index in [2.05, 4.69) is 345 Å². The molecule has 0 saturated carbocycles. The smallest absolute Gasteiger partial charge is 0.201 e. The van der Waals surface area contributed by atoms with E-state index in [0.717, 1.165) is 0 Å². The fourth-order valence-corrected chi connectivity index (χ4v) is 10.4. The predicted octanol–water partition coefficient (Wildman–Crippen LogP) is 15.5. The molecule has 5 heterocycles. The van der Waals surface area contributed by atoms with Gasteiger partial charge in [0.1, 0.15) is 35.2 Å². The van der Waals surface area contributed by atoms with Crippen molar-refractivity contribution < 1.29 is 22.8 Å². The number of pyridine rings is 5. The van der Waals surface area contributed by atoms with Crippen LogP contribution in [0.2, 0.25) is 0 Å². The molecule has 5 nitrogen and oxygen atoms in total. The van der Waals surface area contributed by atoms with E-state index in [-0.39, 0.29) is 0 Å². The van der Waals surface area contributed by atoms with Gasteiger partial charge in [-0.05, 0) is 196 Å². The standard InChI is InChI=1S/5C15H18N/c1-11-5-7-14(13(3)9-11)15-8-6-12(2)10-16(15)4;1-11-5-7-13(3)14(9-11)15-8-6-12(2)10-16(15)4;1-11-5-6-14(13(3)9-11)15-10-12(2)7-8-16(15)4;1-11-8-9-16(4)15(10-11)14-7-5-6-12(2)13(14)3;1-11-8-9-14(16(4)10-11)15-12(2)6-5-7-13(15)3/h5*5-10H,1-4H3/q5*+1. The molecule has 10 rings (SSSR count). The first kappa shape index (κ1) is 61.1. The number of aryl methyl sites for hydroxylation is 19. The molecule has 0 bridgehead atoms. The van der Waals surface area contributed by atoms with Gasteiger partial charge in [-0.2, -0.15) is 0 Å². The van der Waals surface area contributed by atoms with Gasteiger partial charge in [0.15, 0.2) is 31.0 Å². The van der Waals surface area contributed by atoms with Crippen LogP contribution < -0.4 is 22.8 Å². The maximum absolute atomic E-state index is 2.25. The van der Waals surface area contributed by atoms with Crippen LogP contribution in [0.3, 0.4) is 0 Å². The molecule has 0 amide bonds. The van der Waals surface area contributed by atoms with E-state index in [1.165, 1.54) is 140 Å². The average molecular weight is 1060 g/mol. The van der Waals surface area contributed by atoms with Crippen LogP contribution in [0.5, 0.6) is 0 Å². The summed E-state index contributed by atoms with van der Waals surface area (Å²) in [7, 11) is 10.5. The van der Waals surface area contributed by atoms with Crippen LogP contribution in [-0.2, 0) is 35.2 Å². The molecule has 0 fully saturated rings. The zero-order chi connectivity index (χ0) is 58.5. The normalized spacial score (nSPS) is 10.5. The summed E-state index contributed by atoms with van der Waals surface area (Å²) in [5, 5.41) is 0. The van der Waals surface area contributed by atoms with E-state index in [0.29, 0.717) is 0 Å². The zero-order valence-corrected chi connectivity index (χ0v) is 52.1. The summed E-state index contributed by atoms with van der Waals surface area (Å²) in [5.41, 5.74) is 32.8. The Morgan fingerprint density at radius 3 is 1.05 bits per heavy atom. The summed E-state index contributed by atoms with van der Waals surface area (Å²) in [5.74, 6) is 0. The predicted molar refractivity (Wildman–Crippen MR) is 336 cm³/mol. The fourth-order valence-electron chi connectivity index (χ4n) is 10.4. The quantitative estimate of drug-likeness (QED) is 0.153. The molecule has 5 heteroatoms. The highest BCUT2D eigenvalue weighted by Crippen LogP contribution is 2.27. The zero-order valence-electron chi connectivity index (χ0n) is 52.1. The number of benzene rings is 5. The molecule has 5 aromatic heterocycles. The van der Waals surface area contributed by atoms with Gasteiger partial charge in [0.25, 0.3) is 0 Å². The summed E-state index contributed by atoms with van der Waals surface area (Å²) in [6.45, 7) is 32.2. The van der Waals surface area contributed by atoms with Crippen molar-refractivity contribution in [2.75, 3.05) is 0 Å². The third-order valence-electron chi connectivity index (χ3n) is 15.1. The lowest BCUT2D eigenvalue weighted by Gasteiger charge is -2.07. The van der Waals surface area contributed by atoms with Crippen molar-refractivity contribution in [2.45, 2.75) is 104 Å². The molecular weight excluding hydrogens is 971 g/mol. The van der Waals surface area contributed by atoms with Gasteiger partial charge in [-0.15, -0.1) is 0 Å². The van der Waals surface area contributed by atoms with Gasteiger partial charge in [-0.25, -0.2) is 22.8 Å². The van der Waals surface area contributed by atoms with Crippen molar-refractivity contribution in [3.63, 3.8) is 0 Å². The summed E-state index contributed by atoms with van der Waals surface area (Å²) >= 11 is 0. The van der Waals surface area contributed by atoms with Crippen molar-refractivity contribution in [3.8, 4) is 56.3 Å². The van der Waals surface area contributed by atoms with E-state index < -0.39 is 0 Å². The first-order chi connectivity index (χ1) is 37.9. The lowest BCUT2D eigenvalue weighted by Crippen LogP contribution is -2.31. The van der Waals surface area contributed by atoms with Gasteiger partial charge < -0.3 is 0 Å². The number of rotatable bonds is 5. The third kappa shape index (κ3) is 16.0. The Morgan fingerprint density at radius 2 is 0.588 bits per heavy atom. The molecule has 410 valence electrons. The van der Waals surface area contributed by atoms with Crippen LogP contribution in [0.25, 0.3) is 56.3 Å². The second kappa shape index (κ2) is 27.6. The number of aromatic nitrogens is 5. The molecule has 80 heavy (non-hydrogen) atoms. The summed E-state index contributed by atoms with van der Waals surface area (Å²) in [6, 6.07) is 54.5. The van der Waals surface area contributed by atoms with Crippen LogP contribution in [0, 0.1) is 104 Å². The van der Waals surface area contributed by atoms with Gasteiger partial charge in [0, 0.05) is 81.4 Å². The van der Waals surface area contributed by atoms with E-state index in [1.807, 2.05) is 0 Å². The molecule has 0 atom stereocenters. The molecule has 0 radical (unpaired) electrons. The molecule has 0 N–H and O–H groups in total. The Hall–Kier alpha value is -8.15. The second-order valence-corrected chi connectivity index (χ2v) is 22.5. The molecule has 0 spiro atoms. The van der Waals surface area contributed by atoms with E-state index in [1.54, 1.807) is 0 Å². The first-order valence-corrected chi connectivity index (χ1v) is 28.1. The van der Waals surface area contributed by atoms with Crippen LogP contribution in [0.15, 0.2) is 183 Å². The maximum atomic E-state index is 2.25.